The van der Waals surface area contributed by atoms with Gasteiger partial charge >= 0.3 is 0 Å². The van der Waals surface area contributed by atoms with E-state index in [9.17, 15) is 10.2 Å². The zero-order valence-electron chi connectivity index (χ0n) is 10.5. The van der Waals surface area contributed by atoms with Crippen molar-refractivity contribution in [3.05, 3.63) is 23.8 Å². The average Bonchev–Trinajstić information content (AvgIpc) is 2.37. The third-order valence-electron chi connectivity index (χ3n) is 2.71. The Bertz CT molecular complexity index is 329. The van der Waals surface area contributed by atoms with Gasteiger partial charge in [0.2, 0.25) is 0 Å². The quantitative estimate of drug-likeness (QED) is 0.797. The van der Waals surface area contributed by atoms with Crippen LogP contribution >= 0.6 is 0 Å². The van der Waals surface area contributed by atoms with Gasteiger partial charge in [0, 0.05) is 0 Å². The number of aliphatic hydroxyl groups is 2. The van der Waals surface area contributed by atoms with Crippen molar-refractivity contribution in [3.8, 4) is 11.5 Å². The summed E-state index contributed by atoms with van der Waals surface area (Å²) in [7, 11) is 3.05. The highest BCUT2D eigenvalue weighted by molar-refractivity contribution is 5.46. The van der Waals surface area contributed by atoms with E-state index in [0.717, 1.165) is 6.42 Å². The van der Waals surface area contributed by atoms with Gasteiger partial charge in [-0.05, 0) is 18.6 Å². The maximum absolute atomic E-state index is 10.1. The first-order valence-electron chi connectivity index (χ1n) is 5.72. The fraction of sp³-hybridized carbons (Fsp3) is 0.538. The number of benzene rings is 1. The second-order valence-corrected chi connectivity index (χ2v) is 3.88. The lowest BCUT2D eigenvalue weighted by Gasteiger charge is -2.21. The molecule has 0 saturated carbocycles. The summed E-state index contributed by atoms with van der Waals surface area (Å²) in [5.41, 5.74) is 0.499. The molecule has 1 aromatic carbocycles. The minimum absolute atomic E-state index is 0.499. The van der Waals surface area contributed by atoms with Gasteiger partial charge in [-0.25, -0.2) is 0 Å². The Hall–Kier alpha value is -1.26. The van der Waals surface area contributed by atoms with Crippen LogP contribution in [0.1, 0.15) is 31.4 Å². The molecule has 0 aromatic heterocycles. The van der Waals surface area contributed by atoms with Crippen molar-refractivity contribution in [3.63, 3.8) is 0 Å². The van der Waals surface area contributed by atoms with Crippen molar-refractivity contribution in [1.82, 2.24) is 0 Å². The maximum Gasteiger partial charge on any atom is 0.128 e. The van der Waals surface area contributed by atoms with Crippen molar-refractivity contribution >= 4 is 0 Å². The smallest absolute Gasteiger partial charge is 0.128 e. The van der Waals surface area contributed by atoms with E-state index in [2.05, 4.69) is 0 Å². The molecule has 4 heteroatoms. The van der Waals surface area contributed by atoms with E-state index in [4.69, 9.17) is 9.47 Å². The Balaban J connectivity index is 3.08. The summed E-state index contributed by atoms with van der Waals surface area (Å²) in [5.74, 6) is 1.04. The van der Waals surface area contributed by atoms with E-state index in [1.165, 1.54) is 14.2 Å². The molecule has 0 heterocycles. The summed E-state index contributed by atoms with van der Waals surface area (Å²) in [6, 6.07) is 5.25. The lowest BCUT2D eigenvalue weighted by Crippen LogP contribution is -2.19. The highest BCUT2D eigenvalue weighted by Gasteiger charge is 2.24. The molecule has 1 rings (SSSR count). The summed E-state index contributed by atoms with van der Waals surface area (Å²) < 4.78 is 10.4. The van der Waals surface area contributed by atoms with Gasteiger partial charge in [0.25, 0.3) is 0 Å². The molecule has 0 amide bonds. The normalized spacial score (nSPS) is 14.2. The van der Waals surface area contributed by atoms with E-state index in [-0.39, 0.29) is 0 Å². The molecule has 17 heavy (non-hydrogen) atoms. The first kappa shape index (κ1) is 13.8. The summed E-state index contributed by atoms with van der Waals surface area (Å²) in [6.07, 6.45) is -0.482. The SMILES string of the molecule is CCCC(O)C(O)c1c(OC)cccc1OC. The van der Waals surface area contributed by atoms with Crippen LogP contribution in [-0.2, 0) is 0 Å². The number of ether oxygens (including phenoxy) is 2. The van der Waals surface area contributed by atoms with Crippen LogP contribution in [0, 0.1) is 0 Å². The van der Waals surface area contributed by atoms with Crippen molar-refractivity contribution < 1.29 is 19.7 Å². The third kappa shape index (κ3) is 3.11. The van der Waals surface area contributed by atoms with Crippen LogP contribution in [-0.4, -0.2) is 30.5 Å². The van der Waals surface area contributed by atoms with Crippen molar-refractivity contribution in [2.45, 2.75) is 32.0 Å². The summed E-state index contributed by atoms with van der Waals surface area (Å²) in [6.45, 7) is 1.95. The second-order valence-electron chi connectivity index (χ2n) is 3.88. The molecular weight excluding hydrogens is 220 g/mol. The molecule has 0 saturated heterocycles. The van der Waals surface area contributed by atoms with Gasteiger partial charge in [-0.3, -0.25) is 0 Å². The topological polar surface area (TPSA) is 58.9 Å². The largest absolute Gasteiger partial charge is 0.496 e. The predicted octanol–water partition coefficient (Wildman–Crippen LogP) is 1.90. The minimum atomic E-state index is -0.999. The van der Waals surface area contributed by atoms with E-state index in [1.807, 2.05) is 6.92 Å². The van der Waals surface area contributed by atoms with Crippen LogP contribution in [0.25, 0.3) is 0 Å². The van der Waals surface area contributed by atoms with E-state index in [0.29, 0.717) is 23.5 Å². The Labute approximate surface area is 102 Å². The van der Waals surface area contributed by atoms with Gasteiger partial charge in [-0.15, -0.1) is 0 Å². The molecule has 0 fully saturated rings. The van der Waals surface area contributed by atoms with Gasteiger partial charge in [0.05, 0.1) is 25.9 Å². The van der Waals surface area contributed by atoms with Gasteiger partial charge in [-0.1, -0.05) is 19.4 Å². The first-order chi connectivity index (χ1) is 8.15. The van der Waals surface area contributed by atoms with Crippen LogP contribution in [0.2, 0.25) is 0 Å². The van der Waals surface area contributed by atoms with Crippen LogP contribution < -0.4 is 9.47 Å². The average molecular weight is 240 g/mol. The number of methoxy groups -OCH3 is 2. The molecular formula is C13H20O4. The molecule has 0 aliphatic heterocycles. The maximum atomic E-state index is 10.1. The first-order valence-corrected chi connectivity index (χ1v) is 5.72. The van der Waals surface area contributed by atoms with Gasteiger partial charge in [-0.2, -0.15) is 0 Å². The summed E-state index contributed by atoms with van der Waals surface area (Å²) in [5, 5.41) is 20.0. The molecule has 0 bridgehead atoms. The molecule has 2 unspecified atom stereocenters. The highest BCUT2D eigenvalue weighted by atomic mass is 16.5. The Morgan fingerprint density at radius 3 is 2.06 bits per heavy atom. The standard InChI is InChI=1S/C13H20O4/c1-4-6-9(14)13(15)12-10(16-2)7-5-8-11(12)17-3/h5,7-9,13-15H,4,6H2,1-3H3. The summed E-state index contributed by atoms with van der Waals surface area (Å²) >= 11 is 0. The van der Waals surface area contributed by atoms with Gasteiger partial charge in [0.15, 0.2) is 0 Å². The number of hydrogen-bond donors (Lipinski definition) is 2. The zero-order valence-corrected chi connectivity index (χ0v) is 10.5. The van der Waals surface area contributed by atoms with Gasteiger partial charge in [0.1, 0.15) is 17.6 Å². The van der Waals surface area contributed by atoms with Gasteiger partial charge < -0.3 is 19.7 Å². The van der Waals surface area contributed by atoms with Crippen molar-refractivity contribution in [2.24, 2.45) is 0 Å². The third-order valence-corrected chi connectivity index (χ3v) is 2.71. The molecule has 0 aliphatic rings. The fourth-order valence-corrected chi connectivity index (χ4v) is 1.82. The molecule has 2 atom stereocenters. The second kappa shape index (κ2) is 6.47. The van der Waals surface area contributed by atoms with Crippen LogP contribution in [0.3, 0.4) is 0 Å². The molecule has 0 radical (unpaired) electrons. The monoisotopic (exact) mass is 240 g/mol. The van der Waals surface area contributed by atoms with E-state index < -0.39 is 12.2 Å². The number of rotatable bonds is 6. The summed E-state index contributed by atoms with van der Waals surface area (Å²) in [4.78, 5) is 0. The van der Waals surface area contributed by atoms with Crippen molar-refractivity contribution in [1.29, 1.82) is 0 Å². The van der Waals surface area contributed by atoms with E-state index >= 15 is 0 Å². The minimum Gasteiger partial charge on any atom is -0.496 e. The molecule has 96 valence electrons. The number of aliphatic hydroxyl groups excluding tert-OH is 2. The van der Waals surface area contributed by atoms with Crippen LogP contribution in [0.15, 0.2) is 18.2 Å². The Kier molecular flexibility index (Phi) is 5.25. The highest BCUT2D eigenvalue weighted by Crippen LogP contribution is 2.36. The van der Waals surface area contributed by atoms with E-state index in [1.54, 1.807) is 18.2 Å². The van der Waals surface area contributed by atoms with Crippen molar-refractivity contribution in [2.75, 3.05) is 14.2 Å². The van der Waals surface area contributed by atoms with Crippen LogP contribution in [0.5, 0.6) is 11.5 Å². The number of hydrogen-bond acceptors (Lipinski definition) is 4. The molecule has 2 N–H and O–H groups in total. The molecule has 1 aromatic rings. The van der Waals surface area contributed by atoms with Crippen LogP contribution in [0.4, 0.5) is 0 Å². The Morgan fingerprint density at radius 2 is 1.65 bits per heavy atom. The predicted molar refractivity (Wildman–Crippen MR) is 65.4 cm³/mol. The lowest BCUT2D eigenvalue weighted by molar-refractivity contribution is 0.0104. The molecule has 4 nitrogen and oxygen atoms in total. The fourth-order valence-electron chi connectivity index (χ4n) is 1.82. The molecule has 0 spiro atoms. The zero-order chi connectivity index (χ0) is 12.8. The molecule has 0 aliphatic carbocycles. The lowest BCUT2D eigenvalue weighted by atomic mass is 9.99. The Morgan fingerprint density at radius 1 is 1.12 bits per heavy atom.